The van der Waals surface area contributed by atoms with E-state index in [9.17, 15) is 4.79 Å². The quantitative estimate of drug-likeness (QED) is 0.866. The van der Waals surface area contributed by atoms with Crippen molar-refractivity contribution in [1.82, 2.24) is 14.8 Å². The number of piperazine rings is 1. The highest BCUT2D eigenvalue weighted by molar-refractivity contribution is 7.16. The second-order valence-corrected chi connectivity index (χ2v) is 6.00. The molecule has 4 nitrogen and oxygen atoms in total. The summed E-state index contributed by atoms with van der Waals surface area (Å²) >= 11 is 1.64. The van der Waals surface area contributed by atoms with Crippen LogP contribution in [0, 0.1) is 0 Å². The van der Waals surface area contributed by atoms with Gasteiger partial charge in [-0.25, -0.2) is 0 Å². The van der Waals surface area contributed by atoms with Crippen LogP contribution in [0.3, 0.4) is 0 Å². The molecule has 0 radical (unpaired) electrons. The van der Waals surface area contributed by atoms with Crippen LogP contribution in [0.1, 0.15) is 16.9 Å². The van der Waals surface area contributed by atoms with Gasteiger partial charge in [0.15, 0.2) is 0 Å². The van der Waals surface area contributed by atoms with Crippen molar-refractivity contribution < 1.29 is 4.79 Å². The monoisotopic (exact) mass is 273 g/mol. The van der Waals surface area contributed by atoms with Crippen LogP contribution in [-0.2, 0) is 0 Å². The van der Waals surface area contributed by atoms with Crippen LogP contribution < -0.4 is 0 Å². The second-order valence-electron chi connectivity index (χ2n) is 5.09. The highest BCUT2D eigenvalue weighted by Crippen LogP contribution is 2.24. The number of hydrogen-bond acceptors (Lipinski definition) is 3. The molecule has 0 spiro atoms. The van der Waals surface area contributed by atoms with Gasteiger partial charge in [-0.1, -0.05) is 6.08 Å². The van der Waals surface area contributed by atoms with Gasteiger partial charge in [0.25, 0.3) is 5.91 Å². The summed E-state index contributed by atoms with van der Waals surface area (Å²) in [5.41, 5.74) is 2.03. The summed E-state index contributed by atoms with van der Waals surface area (Å²) in [7, 11) is 0. The molecule has 2 aromatic heterocycles. The Morgan fingerprint density at radius 3 is 3.16 bits per heavy atom. The van der Waals surface area contributed by atoms with E-state index in [1.54, 1.807) is 11.3 Å². The standard InChI is InChI=1S/C14H15N3OS/c18-14(12-8-10-3-7-19-13(10)15-12)17-6-5-16-4-1-2-11(16)9-17/h2-3,7-8,15H,1,4-6,9H2. The number of hydrogen-bond donors (Lipinski definition) is 1. The van der Waals surface area contributed by atoms with Gasteiger partial charge in [0.2, 0.25) is 0 Å². The molecule has 1 N–H and O–H groups in total. The van der Waals surface area contributed by atoms with Crippen molar-refractivity contribution in [3.05, 3.63) is 35.0 Å². The van der Waals surface area contributed by atoms with Gasteiger partial charge < -0.3 is 14.8 Å². The number of aromatic nitrogens is 1. The van der Waals surface area contributed by atoms with Gasteiger partial charge >= 0.3 is 0 Å². The van der Waals surface area contributed by atoms with Gasteiger partial charge in [0.05, 0.1) is 6.54 Å². The van der Waals surface area contributed by atoms with E-state index in [4.69, 9.17) is 0 Å². The highest BCUT2D eigenvalue weighted by Gasteiger charge is 2.27. The molecule has 0 saturated carbocycles. The lowest BCUT2D eigenvalue weighted by atomic mass is 10.2. The van der Waals surface area contributed by atoms with E-state index in [2.05, 4.69) is 16.0 Å². The van der Waals surface area contributed by atoms with E-state index in [1.165, 1.54) is 5.70 Å². The maximum absolute atomic E-state index is 12.5. The molecule has 19 heavy (non-hydrogen) atoms. The van der Waals surface area contributed by atoms with Crippen LogP contribution in [0.25, 0.3) is 10.2 Å². The van der Waals surface area contributed by atoms with Crippen LogP contribution in [-0.4, -0.2) is 46.9 Å². The van der Waals surface area contributed by atoms with E-state index in [-0.39, 0.29) is 5.91 Å². The first-order valence-corrected chi connectivity index (χ1v) is 7.49. The predicted octanol–water partition coefficient (Wildman–Crippen LogP) is 2.27. The number of thiophene rings is 1. The molecule has 0 aliphatic carbocycles. The van der Waals surface area contributed by atoms with E-state index in [1.807, 2.05) is 22.4 Å². The molecule has 4 heterocycles. The highest BCUT2D eigenvalue weighted by atomic mass is 32.1. The minimum atomic E-state index is 0.121. The molecule has 4 rings (SSSR count). The maximum Gasteiger partial charge on any atom is 0.270 e. The minimum absolute atomic E-state index is 0.121. The normalized spacial score (nSPS) is 18.8. The first-order valence-electron chi connectivity index (χ1n) is 6.61. The molecule has 2 aromatic rings. The van der Waals surface area contributed by atoms with Crippen LogP contribution in [0.5, 0.6) is 0 Å². The fourth-order valence-electron chi connectivity index (χ4n) is 2.90. The average molecular weight is 273 g/mol. The van der Waals surface area contributed by atoms with Gasteiger partial charge in [-0.3, -0.25) is 4.79 Å². The van der Waals surface area contributed by atoms with Gasteiger partial charge in [0, 0.05) is 30.7 Å². The van der Waals surface area contributed by atoms with Crippen molar-refractivity contribution >= 4 is 27.5 Å². The van der Waals surface area contributed by atoms with Gasteiger partial charge in [-0.2, -0.15) is 0 Å². The van der Waals surface area contributed by atoms with Gasteiger partial charge in [0.1, 0.15) is 10.5 Å². The fourth-order valence-corrected chi connectivity index (χ4v) is 3.69. The Morgan fingerprint density at radius 1 is 1.32 bits per heavy atom. The summed E-state index contributed by atoms with van der Waals surface area (Å²) in [6, 6.07) is 4.01. The van der Waals surface area contributed by atoms with Crippen LogP contribution in [0.15, 0.2) is 29.3 Å². The Labute approximate surface area is 115 Å². The molecule has 1 saturated heterocycles. The first kappa shape index (κ1) is 11.1. The molecule has 0 atom stereocenters. The van der Waals surface area contributed by atoms with E-state index >= 15 is 0 Å². The van der Waals surface area contributed by atoms with Crippen molar-refractivity contribution in [1.29, 1.82) is 0 Å². The average Bonchev–Trinajstić information content (AvgIpc) is 3.11. The lowest BCUT2D eigenvalue weighted by Gasteiger charge is -2.35. The summed E-state index contributed by atoms with van der Waals surface area (Å²) in [5.74, 6) is 0.121. The summed E-state index contributed by atoms with van der Waals surface area (Å²) in [4.78, 5) is 21.2. The Balaban J connectivity index is 1.58. The maximum atomic E-state index is 12.5. The number of aromatic amines is 1. The molecule has 2 aliphatic heterocycles. The van der Waals surface area contributed by atoms with E-state index in [0.717, 1.165) is 42.8 Å². The summed E-state index contributed by atoms with van der Waals surface area (Å²) in [6.07, 6.45) is 3.38. The zero-order chi connectivity index (χ0) is 12.8. The molecule has 0 aromatic carbocycles. The van der Waals surface area contributed by atoms with Crippen LogP contribution in [0.4, 0.5) is 0 Å². The predicted molar refractivity (Wildman–Crippen MR) is 76.4 cm³/mol. The molecular formula is C14H15N3OS. The SMILES string of the molecule is O=C(c1cc2ccsc2[nH]1)N1CCN2CCC=C2C1. The summed E-state index contributed by atoms with van der Waals surface area (Å²) in [6.45, 7) is 3.66. The molecule has 2 aliphatic rings. The Hall–Kier alpha value is -1.75. The summed E-state index contributed by atoms with van der Waals surface area (Å²) < 4.78 is 0. The van der Waals surface area contributed by atoms with Crippen molar-refractivity contribution in [3.63, 3.8) is 0 Å². The Kier molecular flexibility index (Phi) is 2.41. The second kappa shape index (κ2) is 4.13. The van der Waals surface area contributed by atoms with Gasteiger partial charge in [-0.15, -0.1) is 11.3 Å². The number of carbonyl (C=O) groups is 1. The van der Waals surface area contributed by atoms with Crippen LogP contribution in [0.2, 0.25) is 0 Å². The molecule has 98 valence electrons. The van der Waals surface area contributed by atoms with Gasteiger partial charge in [-0.05, 0) is 23.9 Å². The number of fused-ring (bicyclic) bond motifs is 2. The van der Waals surface area contributed by atoms with Crippen molar-refractivity contribution in [2.24, 2.45) is 0 Å². The topological polar surface area (TPSA) is 39.3 Å². The molecule has 0 bridgehead atoms. The first-order chi connectivity index (χ1) is 9.31. The number of H-pyrrole nitrogens is 1. The van der Waals surface area contributed by atoms with E-state index < -0.39 is 0 Å². The lowest BCUT2D eigenvalue weighted by molar-refractivity contribution is 0.0703. The largest absolute Gasteiger partial charge is 0.372 e. The third-order valence-electron chi connectivity index (χ3n) is 3.94. The Bertz CT molecular complexity index is 641. The van der Waals surface area contributed by atoms with Crippen LogP contribution >= 0.6 is 11.3 Å². The minimum Gasteiger partial charge on any atom is -0.372 e. The zero-order valence-corrected chi connectivity index (χ0v) is 11.4. The third-order valence-corrected chi connectivity index (χ3v) is 4.78. The lowest BCUT2D eigenvalue weighted by Crippen LogP contribution is -2.46. The third kappa shape index (κ3) is 1.76. The molecule has 1 fully saturated rings. The summed E-state index contributed by atoms with van der Waals surface area (Å²) in [5, 5.41) is 3.17. The smallest absolute Gasteiger partial charge is 0.270 e. The van der Waals surface area contributed by atoms with Crippen molar-refractivity contribution in [2.75, 3.05) is 26.2 Å². The number of carbonyl (C=O) groups excluding carboxylic acids is 1. The van der Waals surface area contributed by atoms with E-state index in [0.29, 0.717) is 5.69 Å². The van der Waals surface area contributed by atoms with Crippen molar-refractivity contribution in [3.8, 4) is 0 Å². The number of nitrogens with zero attached hydrogens (tertiary/aromatic N) is 2. The molecular weight excluding hydrogens is 258 g/mol. The molecule has 0 unspecified atom stereocenters. The Morgan fingerprint density at radius 2 is 2.26 bits per heavy atom. The molecule has 1 amide bonds. The fraction of sp³-hybridized carbons (Fsp3) is 0.357. The number of nitrogens with one attached hydrogen (secondary N) is 1. The number of rotatable bonds is 1. The molecule has 5 heteroatoms. The van der Waals surface area contributed by atoms with Crippen molar-refractivity contribution in [2.45, 2.75) is 6.42 Å². The number of amides is 1. The zero-order valence-electron chi connectivity index (χ0n) is 10.6.